The van der Waals surface area contributed by atoms with Gasteiger partial charge in [0, 0.05) is 36.7 Å². The number of halogens is 1. The molecule has 0 aromatic carbocycles. The quantitative estimate of drug-likeness (QED) is 0.260. The average molecular weight is 721 g/mol. The van der Waals surface area contributed by atoms with Crippen LogP contribution < -0.4 is 15.5 Å². The van der Waals surface area contributed by atoms with E-state index < -0.39 is 21.5 Å². The zero-order valence-corrected chi connectivity index (χ0v) is 29.0. The van der Waals surface area contributed by atoms with E-state index in [1.54, 1.807) is 12.1 Å². The van der Waals surface area contributed by atoms with Gasteiger partial charge in [0.25, 0.3) is 0 Å². The Morgan fingerprint density at radius 3 is 1.83 bits per heavy atom. The fraction of sp³-hybridized carbons (Fsp3) is 0.613. The summed E-state index contributed by atoms with van der Waals surface area (Å²) in [5.74, 6) is 0.808. The number of nitro groups is 2. The Labute approximate surface area is 281 Å². The Bertz CT molecular complexity index is 1480. The number of piperidine rings is 1. The van der Waals surface area contributed by atoms with E-state index in [4.69, 9.17) is 9.47 Å². The molecule has 0 bridgehead atoms. The highest BCUT2D eigenvalue weighted by Crippen LogP contribution is 2.55. The molecule has 2 N–H and O–H groups in total. The predicted molar refractivity (Wildman–Crippen MR) is 176 cm³/mol. The van der Waals surface area contributed by atoms with Gasteiger partial charge in [0.05, 0.1) is 15.7 Å². The van der Waals surface area contributed by atoms with Crippen LogP contribution in [0.5, 0.6) is 0 Å². The molecule has 3 heterocycles. The highest BCUT2D eigenvalue weighted by molar-refractivity contribution is 9.10. The van der Waals surface area contributed by atoms with Crippen LogP contribution in [0.2, 0.25) is 0 Å². The zero-order chi connectivity index (χ0) is 34.8. The number of nitrogens with one attached hydrogen (secondary N) is 2. The summed E-state index contributed by atoms with van der Waals surface area (Å²) in [7, 11) is 0. The summed E-state index contributed by atoms with van der Waals surface area (Å²) >= 11 is 3.11. The Morgan fingerprint density at radius 1 is 0.872 bits per heavy atom. The van der Waals surface area contributed by atoms with Gasteiger partial charge in [-0.05, 0) is 121 Å². The number of anilines is 1. The number of hydrogen-bond acceptors (Lipinski definition) is 11. The van der Waals surface area contributed by atoms with Crippen molar-refractivity contribution in [1.82, 2.24) is 20.6 Å². The lowest BCUT2D eigenvalue weighted by molar-refractivity contribution is -0.389. The van der Waals surface area contributed by atoms with Gasteiger partial charge in [-0.3, -0.25) is 0 Å². The van der Waals surface area contributed by atoms with Crippen molar-refractivity contribution in [3.63, 3.8) is 0 Å². The molecule has 2 aromatic heterocycles. The Kier molecular flexibility index (Phi) is 10.3. The molecule has 6 rings (SSSR count). The second kappa shape index (κ2) is 13.6. The molecule has 4 fully saturated rings. The predicted octanol–water partition coefficient (Wildman–Crippen LogP) is 6.30. The third-order valence-electron chi connectivity index (χ3n) is 8.24. The third-order valence-corrected chi connectivity index (χ3v) is 8.71. The smallest absolute Gasteiger partial charge is 0.408 e. The average Bonchev–Trinajstić information content (AvgIpc) is 3.70. The van der Waals surface area contributed by atoms with Crippen LogP contribution in [0.1, 0.15) is 73.6 Å². The molecular weight excluding hydrogens is 678 g/mol. The number of carbonyl (C=O) groups is 2. The number of fused-ring (bicyclic) bond motifs is 2. The van der Waals surface area contributed by atoms with Gasteiger partial charge in [-0.2, -0.15) is 0 Å². The maximum absolute atomic E-state index is 12.0. The first-order valence-electron chi connectivity index (χ1n) is 15.4. The van der Waals surface area contributed by atoms with E-state index in [9.17, 15) is 29.8 Å². The molecule has 47 heavy (non-hydrogen) atoms. The van der Waals surface area contributed by atoms with Gasteiger partial charge in [-0.25, -0.2) is 9.59 Å². The number of carbonyl (C=O) groups excluding carboxylic acids is 2. The minimum Gasteiger partial charge on any atom is -0.444 e. The van der Waals surface area contributed by atoms with Crippen molar-refractivity contribution in [3.05, 3.63) is 61.4 Å². The highest BCUT2D eigenvalue weighted by Gasteiger charge is 2.61. The number of hydrogen-bond donors (Lipinski definition) is 2. The SMILES string of the molecule is CC(C)(C)OC(=O)NC12CC1CN(c1ccc([N+](=O)[O-])nc1)C2.CC(C)(C)OC(=O)NC12CCCC1C2.O=[N+]([O-])c1ccc(Br)cn1. The summed E-state index contributed by atoms with van der Waals surface area (Å²) in [6.45, 7) is 12.6. The van der Waals surface area contributed by atoms with Crippen LogP contribution in [0.4, 0.5) is 26.9 Å². The minimum absolute atomic E-state index is 0.127. The van der Waals surface area contributed by atoms with Crippen LogP contribution in [-0.2, 0) is 9.47 Å². The summed E-state index contributed by atoms with van der Waals surface area (Å²) in [6, 6.07) is 6.00. The van der Waals surface area contributed by atoms with E-state index in [0.29, 0.717) is 12.5 Å². The Balaban J connectivity index is 0.000000177. The number of amides is 2. The maximum Gasteiger partial charge on any atom is 0.408 e. The van der Waals surface area contributed by atoms with Crippen molar-refractivity contribution < 1.29 is 28.9 Å². The second-order valence-electron chi connectivity index (χ2n) is 14.4. The molecule has 1 aliphatic heterocycles. The summed E-state index contributed by atoms with van der Waals surface area (Å²) < 4.78 is 11.3. The van der Waals surface area contributed by atoms with Crippen molar-refractivity contribution in [2.45, 2.75) is 95.9 Å². The molecular formula is C31H42BrN7O8. The molecule has 3 saturated carbocycles. The van der Waals surface area contributed by atoms with Gasteiger partial charge in [0.2, 0.25) is 0 Å². The fourth-order valence-electron chi connectivity index (χ4n) is 5.98. The van der Waals surface area contributed by atoms with Crippen molar-refractivity contribution in [3.8, 4) is 0 Å². The summed E-state index contributed by atoms with van der Waals surface area (Å²) in [6.07, 6.45) is 8.00. The molecule has 0 radical (unpaired) electrons. The minimum atomic E-state index is -0.535. The number of pyridine rings is 2. The van der Waals surface area contributed by atoms with Crippen LogP contribution in [0.3, 0.4) is 0 Å². The van der Waals surface area contributed by atoms with Crippen LogP contribution in [0, 0.1) is 32.1 Å². The summed E-state index contributed by atoms with van der Waals surface area (Å²) in [5.41, 5.74) is -0.199. The van der Waals surface area contributed by atoms with Crippen molar-refractivity contribution in [2.24, 2.45) is 11.8 Å². The van der Waals surface area contributed by atoms with E-state index in [-0.39, 0.29) is 34.4 Å². The van der Waals surface area contributed by atoms with Crippen LogP contribution in [0.25, 0.3) is 0 Å². The van der Waals surface area contributed by atoms with E-state index in [0.717, 1.165) is 41.9 Å². The lowest BCUT2D eigenvalue weighted by atomic mass is 10.2. The second-order valence-corrected chi connectivity index (χ2v) is 15.3. The van der Waals surface area contributed by atoms with Gasteiger partial charge in [0.1, 0.15) is 11.2 Å². The molecule has 16 heteroatoms. The highest BCUT2D eigenvalue weighted by atomic mass is 79.9. The lowest BCUT2D eigenvalue weighted by Gasteiger charge is -2.25. The standard InChI is InChI=1S/C15H20N4O4.C11H19NO2.C5H3BrN2O2/c1-14(2,3)23-13(20)17-15-6-10(15)8-18(9-15)11-4-5-12(16-7-11)19(21)22;1-10(2,3)14-9(13)12-11-6-4-5-8(11)7-11;6-4-1-2-5(7-3-4)8(9)10/h4-5,7,10H,6,8-9H2,1-3H3,(H,17,20);8H,4-7H2,1-3H3,(H,12,13);1-3H. The van der Waals surface area contributed by atoms with Gasteiger partial charge < -0.3 is 45.2 Å². The molecule has 15 nitrogen and oxygen atoms in total. The molecule has 0 spiro atoms. The first-order valence-corrected chi connectivity index (χ1v) is 16.2. The van der Waals surface area contributed by atoms with Crippen molar-refractivity contribution in [2.75, 3.05) is 18.0 Å². The zero-order valence-electron chi connectivity index (χ0n) is 27.4. The Morgan fingerprint density at radius 2 is 1.40 bits per heavy atom. The molecule has 4 atom stereocenters. The first-order chi connectivity index (χ1) is 21.8. The Hall–Kier alpha value is -4.08. The van der Waals surface area contributed by atoms with E-state index in [2.05, 4.69) is 41.4 Å². The van der Waals surface area contributed by atoms with Gasteiger partial charge in [0.15, 0.2) is 12.4 Å². The van der Waals surface area contributed by atoms with Crippen LogP contribution in [-0.4, -0.2) is 67.4 Å². The molecule has 2 amide bonds. The lowest BCUT2D eigenvalue weighted by Crippen LogP contribution is -2.44. The summed E-state index contributed by atoms with van der Waals surface area (Å²) in [4.78, 5) is 52.6. The molecule has 4 unspecified atom stereocenters. The van der Waals surface area contributed by atoms with Crippen LogP contribution in [0.15, 0.2) is 41.1 Å². The van der Waals surface area contributed by atoms with E-state index in [1.807, 2.05) is 41.5 Å². The van der Waals surface area contributed by atoms with E-state index >= 15 is 0 Å². The van der Waals surface area contributed by atoms with Crippen LogP contribution >= 0.6 is 15.9 Å². The number of aromatic nitrogens is 2. The van der Waals surface area contributed by atoms with Gasteiger partial charge >= 0.3 is 23.8 Å². The number of nitrogens with zero attached hydrogens (tertiary/aromatic N) is 5. The molecule has 2 aromatic rings. The number of rotatable bonds is 5. The molecule has 3 aliphatic carbocycles. The topological polar surface area (TPSA) is 192 Å². The molecule has 4 aliphatic rings. The largest absolute Gasteiger partial charge is 0.444 e. The number of ether oxygens (including phenoxy) is 2. The van der Waals surface area contributed by atoms with E-state index in [1.165, 1.54) is 37.4 Å². The monoisotopic (exact) mass is 719 g/mol. The molecule has 1 saturated heterocycles. The van der Waals surface area contributed by atoms with Crippen molar-refractivity contribution in [1.29, 1.82) is 0 Å². The normalized spacial score (nSPS) is 25.0. The fourth-order valence-corrected chi connectivity index (χ4v) is 6.22. The molecule has 256 valence electrons. The summed E-state index contributed by atoms with van der Waals surface area (Å²) in [5, 5.41) is 26.7. The maximum atomic E-state index is 12.0. The first kappa shape index (κ1) is 35.8. The van der Waals surface area contributed by atoms with Crippen molar-refractivity contribution >= 4 is 45.4 Å². The van der Waals surface area contributed by atoms with Gasteiger partial charge in [-0.1, -0.05) is 6.42 Å². The van der Waals surface area contributed by atoms with Gasteiger partial charge in [-0.15, -0.1) is 0 Å². The number of alkyl carbamates (subject to hydrolysis) is 2. The third kappa shape index (κ3) is 9.95.